The SMILES string of the molecule is Nc1c(C(=O)N2CCn3ccnc3C2)cccc1[N+](=O)[O-]. The first-order chi connectivity index (χ1) is 10.1. The van der Waals surface area contributed by atoms with Gasteiger partial charge in [-0.3, -0.25) is 14.9 Å². The van der Waals surface area contributed by atoms with Crippen molar-refractivity contribution >= 4 is 17.3 Å². The summed E-state index contributed by atoms with van der Waals surface area (Å²) in [6.45, 7) is 1.54. The van der Waals surface area contributed by atoms with Gasteiger partial charge in [-0.1, -0.05) is 6.07 Å². The van der Waals surface area contributed by atoms with Crippen molar-refractivity contribution in [3.05, 3.63) is 52.1 Å². The van der Waals surface area contributed by atoms with E-state index in [9.17, 15) is 14.9 Å². The fourth-order valence-electron chi connectivity index (χ4n) is 2.42. The third-order valence-corrected chi connectivity index (χ3v) is 3.54. The number of nitro groups is 1. The number of nitrogens with zero attached hydrogens (tertiary/aromatic N) is 4. The van der Waals surface area contributed by atoms with Crippen LogP contribution in [0.3, 0.4) is 0 Å². The monoisotopic (exact) mass is 287 g/mol. The topological polar surface area (TPSA) is 107 Å². The number of nitrogens with two attached hydrogens (primary N) is 1. The molecule has 0 atom stereocenters. The Morgan fingerprint density at radius 1 is 1.38 bits per heavy atom. The van der Waals surface area contributed by atoms with Gasteiger partial charge in [0.2, 0.25) is 0 Å². The van der Waals surface area contributed by atoms with Crippen molar-refractivity contribution in [2.75, 3.05) is 12.3 Å². The van der Waals surface area contributed by atoms with E-state index in [4.69, 9.17) is 5.73 Å². The fourth-order valence-corrected chi connectivity index (χ4v) is 2.42. The van der Waals surface area contributed by atoms with Crippen LogP contribution < -0.4 is 5.73 Å². The molecular formula is C13H13N5O3. The number of amides is 1. The second-order valence-corrected chi connectivity index (χ2v) is 4.76. The molecule has 1 aromatic carbocycles. The third kappa shape index (κ3) is 2.20. The average Bonchev–Trinajstić information content (AvgIpc) is 2.93. The summed E-state index contributed by atoms with van der Waals surface area (Å²) in [6.07, 6.45) is 3.55. The number of rotatable bonds is 2. The van der Waals surface area contributed by atoms with Crippen molar-refractivity contribution in [2.45, 2.75) is 13.1 Å². The second-order valence-electron chi connectivity index (χ2n) is 4.76. The third-order valence-electron chi connectivity index (χ3n) is 3.54. The summed E-state index contributed by atoms with van der Waals surface area (Å²) in [6, 6.07) is 4.26. The summed E-state index contributed by atoms with van der Waals surface area (Å²) in [5.74, 6) is 0.476. The van der Waals surface area contributed by atoms with E-state index in [0.29, 0.717) is 19.6 Å². The fraction of sp³-hybridized carbons (Fsp3) is 0.231. The van der Waals surface area contributed by atoms with Gasteiger partial charge in [0, 0.05) is 31.5 Å². The molecular weight excluding hydrogens is 274 g/mol. The number of aromatic nitrogens is 2. The molecule has 0 unspecified atom stereocenters. The van der Waals surface area contributed by atoms with Crippen LogP contribution in [0.4, 0.5) is 11.4 Å². The normalized spacial score (nSPS) is 13.8. The lowest BCUT2D eigenvalue weighted by atomic mass is 10.1. The Hall–Kier alpha value is -2.90. The number of hydrogen-bond acceptors (Lipinski definition) is 5. The summed E-state index contributed by atoms with van der Waals surface area (Å²) < 4.78 is 1.97. The van der Waals surface area contributed by atoms with Crippen LogP contribution >= 0.6 is 0 Å². The highest BCUT2D eigenvalue weighted by molar-refractivity contribution is 6.01. The summed E-state index contributed by atoms with van der Waals surface area (Å²) in [4.78, 5) is 28.6. The molecule has 2 heterocycles. The van der Waals surface area contributed by atoms with Gasteiger partial charge in [-0.2, -0.15) is 0 Å². The number of carbonyl (C=O) groups excluding carboxylic acids is 1. The van der Waals surface area contributed by atoms with Gasteiger partial charge in [0.1, 0.15) is 11.5 Å². The van der Waals surface area contributed by atoms with Gasteiger partial charge in [-0.05, 0) is 6.07 Å². The van der Waals surface area contributed by atoms with Crippen molar-refractivity contribution in [2.24, 2.45) is 0 Å². The minimum atomic E-state index is -0.588. The average molecular weight is 287 g/mol. The van der Waals surface area contributed by atoms with Crippen molar-refractivity contribution in [1.82, 2.24) is 14.5 Å². The first-order valence-corrected chi connectivity index (χ1v) is 6.40. The van der Waals surface area contributed by atoms with Crippen LogP contribution in [0, 0.1) is 10.1 Å². The van der Waals surface area contributed by atoms with Crippen LogP contribution in [-0.2, 0) is 13.1 Å². The lowest BCUT2D eigenvalue weighted by Gasteiger charge is -2.28. The number of carbonyl (C=O) groups is 1. The maximum atomic E-state index is 12.5. The van der Waals surface area contributed by atoms with Gasteiger partial charge in [-0.15, -0.1) is 0 Å². The van der Waals surface area contributed by atoms with E-state index in [2.05, 4.69) is 4.98 Å². The standard InChI is InChI=1S/C13H13N5O3/c14-12-9(2-1-3-10(12)18(20)21)13(19)17-7-6-16-5-4-15-11(16)8-17/h1-5H,6-8,14H2. The number of nitrogen functional groups attached to an aromatic ring is 1. The number of anilines is 1. The second kappa shape index (κ2) is 4.89. The highest BCUT2D eigenvalue weighted by Gasteiger charge is 2.26. The molecule has 1 aliphatic rings. The van der Waals surface area contributed by atoms with Crippen LogP contribution in [0.5, 0.6) is 0 Å². The number of fused-ring (bicyclic) bond motifs is 1. The van der Waals surface area contributed by atoms with Gasteiger partial charge >= 0.3 is 0 Å². The highest BCUT2D eigenvalue weighted by atomic mass is 16.6. The highest BCUT2D eigenvalue weighted by Crippen LogP contribution is 2.26. The predicted octanol–water partition coefficient (Wildman–Crippen LogP) is 1.03. The molecule has 0 spiro atoms. The number of hydrogen-bond donors (Lipinski definition) is 1. The molecule has 21 heavy (non-hydrogen) atoms. The van der Waals surface area contributed by atoms with Crippen LogP contribution in [0.25, 0.3) is 0 Å². The first-order valence-electron chi connectivity index (χ1n) is 6.40. The zero-order valence-corrected chi connectivity index (χ0v) is 11.1. The summed E-state index contributed by atoms with van der Waals surface area (Å²) in [5, 5.41) is 10.9. The molecule has 0 saturated carbocycles. The van der Waals surface area contributed by atoms with Gasteiger partial charge in [-0.25, -0.2) is 4.98 Å². The molecule has 0 radical (unpaired) electrons. The van der Waals surface area contributed by atoms with Crippen molar-refractivity contribution < 1.29 is 9.72 Å². The Labute approximate surface area is 119 Å². The molecule has 2 aromatic rings. The van der Waals surface area contributed by atoms with E-state index in [0.717, 1.165) is 5.82 Å². The molecule has 1 amide bonds. The van der Waals surface area contributed by atoms with Crippen LogP contribution in [0.2, 0.25) is 0 Å². The Balaban J connectivity index is 1.90. The molecule has 0 fully saturated rings. The first kappa shape index (κ1) is 13.1. The molecule has 8 nitrogen and oxygen atoms in total. The van der Waals surface area contributed by atoms with Crippen LogP contribution in [0.15, 0.2) is 30.6 Å². The molecule has 0 bridgehead atoms. The van der Waals surface area contributed by atoms with E-state index < -0.39 is 4.92 Å². The van der Waals surface area contributed by atoms with Gasteiger partial charge in [0.25, 0.3) is 11.6 Å². The maximum Gasteiger partial charge on any atom is 0.292 e. The molecule has 3 rings (SSSR count). The van der Waals surface area contributed by atoms with Crippen molar-refractivity contribution in [3.8, 4) is 0 Å². The number of benzene rings is 1. The lowest BCUT2D eigenvalue weighted by Crippen LogP contribution is -2.38. The molecule has 108 valence electrons. The largest absolute Gasteiger partial charge is 0.393 e. The minimum Gasteiger partial charge on any atom is -0.393 e. The zero-order chi connectivity index (χ0) is 15.0. The van der Waals surface area contributed by atoms with E-state index in [1.807, 2.05) is 10.8 Å². The molecule has 0 saturated heterocycles. The van der Waals surface area contributed by atoms with Crippen LogP contribution in [-0.4, -0.2) is 31.8 Å². The smallest absolute Gasteiger partial charge is 0.292 e. The summed E-state index contributed by atoms with van der Waals surface area (Å²) >= 11 is 0. The van der Waals surface area contributed by atoms with Crippen LogP contribution in [0.1, 0.15) is 16.2 Å². The molecule has 0 aliphatic carbocycles. The van der Waals surface area contributed by atoms with E-state index in [1.54, 1.807) is 11.1 Å². The maximum absolute atomic E-state index is 12.5. The van der Waals surface area contributed by atoms with Gasteiger partial charge in [0.05, 0.1) is 17.0 Å². The summed E-state index contributed by atoms with van der Waals surface area (Å²) in [5.41, 5.74) is 5.57. The predicted molar refractivity (Wildman–Crippen MR) is 74.5 cm³/mol. The Morgan fingerprint density at radius 2 is 2.19 bits per heavy atom. The number of para-hydroxylation sites is 1. The van der Waals surface area contributed by atoms with Gasteiger partial charge < -0.3 is 15.2 Å². The van der Waals surface area contributed by atoms with Crippen molar-refractivity contribution in [3.63, 3.8) is 0 Å². The molecule has 2 N–H and O–H groups in total. The molecule has 8 heteroatoms. The van der Waals surface area contributed by atoms with E-state index in [1.165, 1.54) is 18.2 Å². The zero-order valence-electron chi connectivity index (χ0n) is 11.1. The number of nitro benzene ring substituents is 1. The quantitative estimate of drug-likeness (QED) is 0.504. The number of imidazole rings is 1. The molecule has 1 aliphatic heterocycles. The minimum absolute atomic E-state index is 0.0959. The van der Waals surface area contributed by atoms with E-state index >= 15 is 0 Å². The Bertz CT molecular complexity index is 724. The summed E-state index contributed by atoms with van der Waals surface area (Å²) in [7, 11) is 0. The van der Waals surface area contributed by atoms with Gasteiger partial charge in [0.15, 0.2) is 0 Å². The van der Waals surface area contributed by atoms with Crippen molar-refractivity contribution in [1.29, 1.82) is 0 Å². The lowest BCUT2D eigenvalue weighted by molar-refractivity contribution is -0.383. The Kier molecular flexibility index (Phi) is 3.05. The van der Waals surface area contributed by atoms with E-state index in [-0.39, 0.29) is 22.8 Å². The molecule has 1 aromatic heterocycles. The Morgan fingerprint density at radius 3 is 2.95 bits per heavy atom.